The molecule has 1 heterocycles. The molecule has 0 aliphatic carbocycles. The van der Waals surface area contributed by atoms with Gasteiger partial charge in [-0.1, -0.05) is 13.0 Å². The molecule has 1 rings (SSSR count). The third-order valence-corrected chi connectivity index (χ3v) is 2.25. The van der Waals surface area contributed by atoms with Crippen molar-refractivity contribution < 1.29 is 4.58 Å². The third kappa shape index (κ3) is 2.37. The molecule has 0 fully saturated rings. The molecule has 0 radical (unpaired) electrons. The van der Waals surface area contributed by atoms with Gasteiger partial charge in [-0.2, -0.15) is 0 Å². The molecule has 2 nitrogen and oxygen atoms in total. The molecule has 2 N–H and O–H groups in total. The van der Waals surface area contributed by atoms with Crippen molar-refractivity contribution in [1.82, 2.24) is 0 Å². The fourth-order valence-corrected chi connectivity index (χ4v) is 1.23. The van der Waals surface area contributed by atoms with E-state index in [1.54, 1.807) is 0 Å². The van der Waals surface area contributed by atoms with Gasteiger partial charge >= 0.3 is 0 Å². The van der Waals surface area contributed by atoms with E-state index in [0.717, 1.165) is 25.1 Å². The van der Waals surface area contributed by atoms with Crippen LogP contribution in [-0.2, 0) is 0 Å². The molecule has 1 atom stereocenters. The van der Waals surface area contributed by atoms with Gasteiger partial charge in [0.15, 0.2) is 0 Å². The van der Waals surface area contributed by atoms with Crippen molar-refractivity contribution in [2.45, 2.75) is 19.8 Å². The normalized spacial score (nSPS) is 26.5. The van der Waals surface area contributed by atoms with Crippen LogP contribution in [0.2, 0.25) is 0 Å². The van der Waals surface area contributed by atoms with Crippen LogP contribution in [0.5, 0.6) is 0 Å². The molecule has 0 aromatic rings. The van der Waals surface area contributed by atoms with Crippen LogP contribution < -0.4 is 5.73 Å². The van der Waals surface area contributed by atoms with Gasteiger partial charge in [-0.05, 0) is 0 Å². The van der Waals surface area contributed by atoms with Crippen molar-refractivity contribution >= 4 is 6.21 Å². The first-order valence-electron chi connectivity index (χ1n) is 4.19. The minimum atomic E-state index is 0.547. The molecule has 0 bridgehead atoms. The second kappa shape index (κ2) is 3.56. The average molecular weight is 153 g/mol. The van der Waals surface area contributed by atoms with Crippen LogP contribution in [0.4, 0.5) is 0 Å². The molecular formula is C9H17N2+. The standard InChI is InChI=1S/C9H17N2/c1-8-5-7-11(2)6-3-4-9(8)10/h4,6,8H,3,5,7,10H2,1-2H3/q+1. The Morgan fingerprint density at radius 3 is 3.09 bits per heavy atom. The summed E-state index contributed by atoms with van der Waals surface area (Å²) in [6.07, 6.45) is 6.43. The van der Waals surface area contributed by atoms with Crippen molar-refractivity contribution in [1.29, 1.82) is 0 Å². The summed E-state index contributed by atoms with van der Waals surface area (Å²) in [6.45, 7) is 3.31. The number of hydrogen-bond acceptors (Lipinski definition) is 1. The van der Waals surface area contributed by atoms with Gasteiger partial charge in [0.1, 0.15) is 19.8 Å². The molecule has 0 aromatic carbocycles. The number of nitrogens with two attached hydrogens (primary N) is 1. The van der Waals surface area contributed by atoms with Crippen molar-refractivity contribution in [3.63, 3.8) is 0 Å². The molecule has 0 amide bonds. The van der Waals surface area contributed by atoms with Crippen molar-refractivity contribution in [2.75, 3.05) is 13.6 Å². The Labute approximate surface area is 68.4 Å². The van der Waals surface area contributed by atoms with Gasteiger partial charge in [-0.15, -0.1) is 0 Å². The smallest absolute Gasteiger partial charge is 0.143 e. The van der Waals surface area contributed by atoms with Crippen LogP contribution in [0.1, 0.15) is 19.8 Å². The van der Waals surface area contributed by atoms with E-state index in [0.29, 0.717) is 5.92 Å². The summed E-state index contributed by atoms with van der Waals surface area (Å²) in [5.41, 5.74) is 6.87. The monoisotopic (exact) mass is 153 g/mol. The van der Waals surface area contributed by atoms with E-state index < -0.39 is 0 Å². The van der Waals surface area contributed by atoms with Crippen LogP contribution in [-0.4, -0.2) is 24.4 Å². The zero-order chi connectivity index (χ0) is 8.27. The van der Waals surface area contributed by atoms with E-state index in [-0.39, 0.29) is 0 Å². The molecule has 1 unspecified atom stereocenters. The van der Waals surface area contributed by atoms with Crippen LogP contribution in [0.3, 0.4) is 0 Å². The molecule has 0 spiro atoms. The summed E-state index contributed by atoms with van der Waals surface area (Å²) in [4.78, 5) is 0. The first-order chi connectivity index (χ1) is 5.20. The number of nitrogens with zero attached hydrogens (tertiary/aromatic N) is 1. The lowest BCUT2D eigenvalue weighted by Crippen LogP contribution is -2.18. The summed E-state index contributed by atoms with van der Waals surface area (Å²) in [7, 11) is 2.11. The highest BCUT2D eigenvalue weighted by Gasteiger charge is 2.09. The Kier molecular flexibility index (Phi) is 2.69. The van der Waals surface area contributed by atoms with Crippen LogP contribution in [0.25, 0.3) is 0 Å². The fraction of sp³-hybridized carbons (Fsp3) is 0.667. The van der Waals surface area contributed by atoms with Gasteiger partial charge in [-0.3, -0.25) is 0 Å². The van der Waals surface area contributed by atoms with Crippen molar-refractivity contribution in [3.05, 3.63) is 11.8 Å². The van der Waals surface area contributed by atoms with Gasteiger partial charge in [0.25, 0.3) is 0 Å². The molecular weight excluding hydrogens is 136 g/mol. The Hall–Kier alpha value is -0.790. The quantitative estimate of drug-likeness (QED) is 0.516. The molecule has 11 heavy (non-hydrogen) atoms. The Bertz CT molecular complexity index is 192. The minimum absolute atomic E-state index is 0.547. The molecule has 1 aliphatic heterocycles. The third-order valence-electron chi connectivity index (χ3n) is 2.25. The number of allylic oxidation sites excluding steroid dienone is 2. The zero-order valence-electron chi connectivity index (χ0n) is 7.38. The summed E-state index contributed by atoms with van der Waals surface area (Å²) in [6, 6.07) is 0. The van der Waals surface area contributed by atoms with Gasteiger partial charge in [0.05, 0.1) is 0 Å². The van der Waals surface area contributed by atoms with E-state index in [2.05, 4.69) is 30.8 Å². The molecule has 0 aromatic heterocycles. The van der Waals surface area contributed by atoms with E-state index in [1.807, 2.05) is 0 Å². The second-order valence-electron chi connectivity index (χ2n) is 3.29. The molecule has 0 saturated carbocycles. The number of hydrogen-bond donors (Lipinski definition) is 1. The van der Waals surface area contributed by atoms with Gasteiger partial charge in [0.2, 0.25) is 0 Å². The summed E-state index contributed by atoms with van der Waals surface area (Å²) < 4.78 is 2.24. The molecule has 2 heteroatoms. The predicted molar refractivity (Wildman–Crippen MR) is 47.8 cm³/mol. The zero-order valence-corrected chi connectivity index (χ0v) is 7.38. The van der Waals surface area contributed by atoms with Gasteiger partial charge in [-0.25, -0.2) is 4.58 Å². The largest absolute Gasteiger partial charge is 0.402 e. The Morgan fingerprint density at radius 1 is 1.64 bits per heavy atom. The minimum Gasteiger partial charge on any atom is -0.402 e. The van der Waals surface area contributed by atoms with Crippen molar-refractivity contribution in [3.8, 4) is 0 Å². The van der Waals surface area contributed by atoms with E-state index >= 15 is 0 Å². The van der Waals surface area contributed by atoms with E-state index in [9.17, 15) is 0 Å². The maximum Gasteiger partial charge on any atom is 0.143 e. The Morgan fingerprint density at radius 2 is 2.36 bits per heavy atom. The first kappa shape index (κ1) is 8.31. The average Bonchev–Trinajstić information content (AvgIpc) is 1.98. The Balaban J connectivity index is 2.64. The van der Waals surface area contributed by atoms with Crippen LogP contribution in [0.15, 0.2) is 11.8 Å². The number of rotatable bonds is 0. The molecule has 1 aliphatic rings. The second-order valence-corrected chi connectivity index (χ2v) is 3.29. The SMILES string of the molecule is CC1CC[N+](C)=CCC=C1N. The highest BCUT2D eigenvalue weighted by atomic mass is 14.9. The predicted octanol–water partition coefficient (Wildman–Crippen LogP) is 0.972. The highest BCUT2D eigenvalue weighted by Crippen LogP contribution is 2.10. The summed E-state index contributed by atoms with van der Waals surface area (Å²) in [5.74, 6) is 0.547. The lowest BCUT2D eigenvalue weighted by Gasteiger charge is -2.11. The van der Waals surface area contributed by atoms with Crippen LogP contribution >= 0.6 is 0 Å². The topological polar surface area (TPSA) is 29.0 Å². The van der Waals surface area contributed by atoms with E-state index in [1.165, 1.54) is 0 Å². The first-order valence-corrected chi connectivity index (χ1v) is 4.19. The summed E-state index contributed by atoms with van der Waals surface area (Å²) in [5, 5.41) is 0. The lowest BCUT2D eigenvalue weighted by atomic mass is 10.0. The summed E-state index contributed by atoms with van der Waals surface area (Å²) >= 11 is 0. The van der Waals surface area contributed by atoms with Crippen LogP contribution in [0, 0.1) is 5.92 Å². The lowest BCUT2D eigenvalue weighted by molar-refractivity contribution is -0.495. The van der Waals surface area contributed by atoms with E-state index in [4.69, 9.17) is 5.73 Å². The van der Waals surface area contributed by atoms with Gasteiger partial charge in [0, 0.05) is 24.5 Å². The maximum absolute atomic E-state index is 5.82. The fourth-order valence-electron chi connectivity index (χ4n) is 1.23. The maximum atomic E-state index is 5.82. The highest BCUT2D eigenvalue weighted by molar-refractivity contribution is 5.54. The van der Waals surface area contributed by atoms with Gasteiger partial charge < -0.3 is 5.73 Å². The van der Waals surface area contributed by atoms with Crippen molar-refractivity contribution in [2.24, 2.45) is 11.7 Å². The molecule has 0 saturated heterocycles. The molecule has 62 valence electrons.